The minimum Gasteiger partial charge on any atom is -0.313 e. The van der Waals surface area contributed by atoms with E-state index < -0.39 is 0 Å². The average Bonchev–Trinajstić information content (AvgIpc) is 2.43. The molecule has 3 rings (SSSR count). The predicted octanol–water partition coefficient (Wildman–Crippen LogP) is 3.60. The molecule has 104 valence electrons. The van der Waals surface area contributed by atoms with E-state index in [9.17, 15) is 0 Å². The van der Waals surface area contributed by atoms with E-state index in [0.717, 1.165) is 24.4 Å². The largest absolute Gasteiger partial charge is 0.313 e. The Bertz CT molecular complexity index is 597. The standard InChI is InChI=1S/C17H19ClN2/c1-2-20-17(10-13-7-8-19-11-16(13)18)15-9-12-5-3-4-6-14(12)15/h3-8,11,15,17,20H,2,9-10H2,1H3. The molecule has 2 atom stereocenters. The van der Waals surface area contributed by atoms with Crippen LogP contribution in [0.2, 0.25) is 5.02 Å². The molecule has 0 saturated carbocycles. The fourth-order valence-electron chi connectivity index (χ4n) is 3.08. The molecule has 1 aromatic heterocycles. The maximum Gasteiger partial charge on any atom is 0.0621 e. The summed E-state index contributed by atoms with van der Waals surface area (Å²) < 4.78 is 0. The number of benzene rings is 1. The molecule has 2 aromatic rings. The van der Waals surface area contributed by atoms with Crippen LogP contribution >= 0.6 is 11.6 Å². The molecule has 2 nitrogen and oxygen atoms in total. The Morgan fingerprint density at radius 3 is 2.95 bits per heavy atom. The first kappa shape index (κ1) is 13.6. The topological polar surface area (TPSA) is 24.9 Å². The molecule has 1 aromatic carbocycles. The zero-order valence-corrected chi connectivity index (χ0v) is 12.4. The number of pyridine rings is 1. The van der Waals surface area contributed by atoms with E-state index >= 15 is 0 Å². The first-order chi connectivity index (χ1) is 9.79. The van der Waals surface area contributed by atoms with E-state index in [4.69, 9.17) is 11.6 Å². The van der Waals surface area contributed by atoms with E-state index in [0.29, 0.717) is 12.0 Å². The van der Waals surface area contributed by atoms with Crippen LogP contribution in [-0.2, 0) is 12.8 Å². The maximum atomic E-state index is 6.24. The quantitative estimate of drug-likeness (QED) is 0.908. The van der Waals surface area contributed by atoms with Gasteiger partial charge in [-0.25, -0.2) is 0 Å². The van der Waals surface area contributed by atoms with E-state index in [1.807, 2.05) is 12.3 Å². The summed E-state index contributed by atoms with van der Waals surface area (Å²) in [6.07, 6.45) is 5.66. The molecular weight excluding hydrogens is 268 g/mol. The summed E-state index contributed by atoms with van der Waals surface area (Å²) in [4.78, 5) is 4.06. The second-order valence-corrected chi connectivity index (χ2v) is 5.75. The smallest absolute Gasteiger partial charge is 0.0621 e. The third-order valence-corrected chi connectivity index (χ3v) is 4.48. The molecule has 20 heavy (non-hydrogen) atoms. The van der Waals surface area contributed by atoms with Gasteiger partial charge in [-0.05, 0) is 42.1 Å². The van der Waals surface area contributed by atoms with Gasteiger partial charge in [0.15, 0.2) is 0 Å². The van der Waals surface area contributed by atoms with Crippen LogP contribution in [0.3, 0.4) is 0 Å². The highest BCUT2D eigenvalue weighted by atomic mass is 35.5. The summed E-state index contributed by atoms with van der Waals surface area (Å²) in [7, 11) is 0. The lowest BCUT2D eigenvalue weighted by atomic mass is 9.72. The molecule has 1 N–H and O–H groups in total. The number of aromatic nitrogens is 1. The van der Waals surface area contributed by atoms with Gasteiger partial charge in [-0.1, -0.05) is 42.8 Å². The van der Waals surface area contributed by atoms with Gasteiger partial charge < -0.3 is 5.32 Å². The van der Waals surface area contributed by atoms with E-state index in [2.05, 4.69) is 41.5 Å². The number of nitrogens with zero attached hydrogens (tertiary/aromatic N) is 1. The Kier molecular flexibility index (Phi) is 4.04. The van der Waals surface area contributed by atoms with Gasteiger partial charge in [0, 0.05) is 24.4 Å². The molecule has 2 unspecified atom stereocenters. The van der Waals surface area contributed by atoms with Crippen LogP contribution in [0.1, 0.15) is 29.5 Å². The molecule has 0 aliphatic heterocycles. The molecular formula is C17H19ClN2. The van der Waals surface area contributed by atoms with Gasteiger partial charge in [0.25, 0.3) is 0 Å². The molecule has 0 radical (unpaired) electrons. The van der Waals surface area contributed by atoms with Crippen molar-refractivity contribution in [2.24, 2.45) is 0 Å². The van der Waals surface area contributed by atoms with Crippen LogP contribution < -0.4 is 5.32 Å². The van der Waals surface area contributed by atoms with Crippen molar-refractivity contribution < 1.29 is 0 Å². The van der Waals surface area contributed by atoms with Crippen molar-refractivity contribution in [1.29, 1.82) is 0 Å². The second kappa shape index (κ2) is 5.94. The molecule has 0 amide bonds. The Morgan fingerprint density at radius 2 is 2.20 bits per heavy atom. The minimum atomic E-state index is 0.440. The number of likely N-dealkylation sites (N-methyl/N-ethyl adjacent to an activating group) is 1. The first-order valence-corrected chi connectivity index (χ1v) is 7.57. The number of hydrogen-bond acceptors (Lipinski definition) is 2. The monoisotopic (exact) mass is 286 g/mol. The van der Waals surface area contributed by atoms with Crippen LogP contribution in [-0.4, -0.2) is 17.6 Å². The van der Waals surface area contributed by atoms with E-state index in [-0.39, 0.29) is 0 Å². The summed E-state index contributed by atoms with van der Waals surface area (Å²) in [5, 5.41) is 4.39. The Labute approximate surface area is 125 Å². The molecule has 0 fully saturated rings. The molecule has 1 aliphatic rings. The molecule has 3 heteroatoms. The molecule has 0 bridgehead atoms. The lowest BCUT2D eigenvalue weighted by Gasteiger charge is -2.37. The highest BCUT2D eigenvalue weighted by Crippen LogP contribution is 2.38. The fraction of sp³-hybridized carbons (Fsp3) is 0.353. The highest BCUT2D eigenvalue weighted by Gasteiger charge is 2.32. The van der Waals surface area contributed by atoms with Gasteiger partial charge in [-0.3, -0.25) is 4.98 Å². The first-order valence-electron chi connectivity index (χ1n) is 7.19. The van der Waals surface area contributed by atoms with Crippen molar-refractivity contribution in [1.82, 2.24) is 10.3 Å². The lowest BCUT2D eigenvalue weighted by molar-refractivity contribution is 0.405. The van der Waals surface area contributed by atoms with E-state index in [1.165, 1.54) is 16.7 Å². The SMILES string of the molecule is CCNC(Cc1ccncc1Cl)C1Cc2ccccc21. The van der Waals surface area contributed by atoms with Crippen molar-refractivity contribution in [3.8, 4) is 0 Å². The summed E-state index contributed by atoms with van der Waals surface area (Å²) in [6.45, 7) is 3.14. The van der Waals surface area contributed by atoms with Gasteiger partial charge in [0.2, 0.25) is 0 Å². The summed E-state index contributed by atoms with van der Waals surface area (Å²) in [5.41, 5.74) is 4.15. The van der Waals surface area contributed by atoms with Crippen LogP contribution in [0.4, 0.5) is 0 Å². The normalized spacial score (nSPS) is 18.2. The van der Waals surface area contributed by atoms with Gasteiger partial charge in [-0.15, -0.1) is 0 Å². The van der Waals surface area contributed by atoms with Gasteiger partial charge in [0.1, 0.15) is 0 Å². The molecule has 0 saturated heterocycles. The minimum absolute atomic E-state index is 0.440. The maximum absolute atomic E-state index is 6.24. The van der Waals surface area contributed by atoms with Gasteiger partial charge in [-0.2, -0.15) is 0 Å². The summed E-state index contributed by atoms with van der Waals surface area (Å²) in [5.74, 6) is 0.593. The number of nitrogens with one attached hydrogen (secondary N) is 1. The Morgan fingerprint density at radius 1 is 1.35 bits per heavy atom. The number of fused-ring (bicyclic) bond motifs is 1. The fourth-order valence-corrected chi connectivity index (χ4v) is 3.28. The molecule has 1 aliphatic carbocycles. The van der Waals surface area contributed by atoms with Crippen LogP contribution in [0.15, 0.2) is 42.7 Å². The zero-order valence-electron chi connectivity index (χ0n) is 11.6. The highest BCUT2D eigenvalue weighted by molar-refractivity contribution is 6.31. The van der Waals surface area contributed by atoms with Crippen LogP contribution in [0.25, 0.3) is 0 Å². The Hall–Kier alpha value is -1.38. The number of hydrogen-bond donors (Lipinski definition) is 1. The molecule has 1 heterocycles. The van der Waals surface area contributed by atoms with Crippen LogP contribution in [0.5, 0.6) is 0 Å². The van der Waals surface area contributed by atoms with Crippen molar-refractivity contribution in [3.05, 3.63) is 64.4 Å². The molecule has 0 spiro atoms. The van der Waals surface area contributed by atoms with Crippen LogP contribution in [0, 0.1) is 0 Å². The number of halogens is 1. The average molecular weight is 287 g/mol. The predicted molar refractivity (Wildman–Crippen MR) is 83.3 cm³/mol. The third kappa shape index (κ3) is 2.58. The summed E-state index contributed by atoms with van der Waals surface area (Å²) in [6, 6.07) is 11.2. The third-order valence-electron chi connectivity index (χ3n) is 4.14. The van der Waals surface area contributed by atoms with Gasteiger partial charge in [0.05, 0.1) is 5.02 Å². The zero-order chi connectivity index (χ0) is 13.9. The van der Waals surface area contributed by atoms with Crippen molar-refractivity contribution in [2.45, 2.75) is 31.7 Å². The summed E-state index contributed by atoms with van der Waals surface area (Å²) >= 11 is 6.24. The van der Waals surface area contributed by atoms with Crippen molar-refractivity contribution in [3.63, 3.8) is 0 Å². The van der Waals surface area contributed by atoms with Crippen molar-refractivity contribution in [2.75, 3.05) is 6.54 Å². The van der Waals surface area contributed by atoms with E-state index in [1.54, 1.807) is 6.20 Å². The number of rotatable bonds is 5. The second-order valence-electron chi connectivity index (χ2n) is 5.34. The van der Waals surface area contributed by atoms with Crippen molar-refractivity contribution >= 4 is 11.6 Å². The lowest BCUT2D eigenvalue weighted by Crippen LogP contribution is -2.41. The Balaban J connectivity index is 1.79. The van der Waals surface area contributed by atoms with Gasteiger partial charge >= 0.3 is 0 Å².